The highest BCUT2D eigenvalue weighted by atomic mass is 35.5. The maximum absolute atomic E-state index is 14.0. The SMILES string of the molecule is CS(=O)(=O)c1ccc(C(=O)Nc2cccc(-c3ccccn3)c2)c(-c2cc(F)cc(Cl)c2)c1. The van der Waals surface area contributed by atoms with Crippen LogP contribution in [0.1, 0.15) is 10.4 Å². The molecule has 1 aromatic heterocycles. The number of halogens is 2. The molecule has 166 valence electrons. The van der Waals surface area contributed by atoms with Gasteiger partial charge in [-0.1, -0.05) is 29.8 Å². The number of pyridine rings is 1. The summed E-state index contributed by atoms with van der Waals surface area (Å²) < 4.78 is 38.2. The molecule has 0 saturated heterocycles. The highest BCUT2D eigenvalue weighted by Crippen LogP contribution is 2.31. The van der Waals surface area contributed by atoms with Crippen molar-refractivity contribution in [3.05, 3.63) is 101 Å². The van der Waals surface area contributed by atoms with Gasteiger partial charge < -0.3 is 5.32 Å². The summed E-state index contributed by atoms with van der Waals surface area (Å²) in [5.41, 5.74) is 2.81. The van der Waals surface area contributed by atoms with Gasteiger partial charge in [0.05, 0.1) is 10.6 Å². The Morgan fingerprint density at radius 1 is 0.939 bits per heavy atom. The van der Waals surface area contributed by atoms with Crippen LogP contribution in [-0.4, -0.2) is 25.6 Å². The molecule has 1 N–H and O–H groups in total. The van der Waals surface area contributed by atoms with Gasteiger partial charge in [0.1, 0.15) is 5.82 Å². The second kappa shape index (κ2) is 9.13. The van der Waals surface area contributed by atoms with Gasteiger partial charge >= 0.3 is 0 Å². The fraction of sp³-hybridized carbons (Fsp3) is 0.0400. The van der Waals surface area contributed by atoms with E-state index in [2.05, 4.69) is 10.3 Å². The number of benzene rings is 3. The Morgan fingerprint density at radius 3 is 2.45 bits per heavy atom. The van der Waals surface area contributed by atoms with E-state index in [-0.39, 0.29) is 26.6 Å². The highest BCUT2D eigenvalue weighted by Gasteiger charge is 2.18. The molecule has 0 aliphatic heterocycles. The summed E-state index contributed by atoms with van der Waals surface area (Å²) in [7, 11) is -3.56. The van der Waals surface area contributed by atoms with E-state index in [9.17, 15) is 17.6 Å². The van der Waals surface area contributed by atoms with E-state index in [4.69, 9.17) is 11.6 Å². The summed E-state index contributed by atoms with van der Waals surface area (Å²) >= 11 is 6.00. The predicted molar refractivity (Wildman–Crippen MR) is 128 cm³/mol. The van der Waals surface area contributed by atoms with Crippen molar-refractivity contribution in [1.82, 2.24) is 4.98 Å². The fourth-order valence-corrected chi connectivity index (χ4v) is 4.26. The van der Waals surface area contributed by atoms with Gasteiger partial charge in [0.25, 0.3) is 5.91 Å². The third-order valence-electron chi connectivity index (χ3n) is 4.92. The molecule has 1 heterocycles. The van der Waals surface area contributed by atoms with Crippen LogP contribution in [0.25, 0.3) is 22.4 Å². The van der Waals surface area contributed by atoms with Crippen molar-refractivity contribution < 1.29 is 17.6 Å². The van der Waals surface area contributed by atoms with Crippen LogP contribution < -0.4 is 5.32 Å². The summed E-state index contributed by atoms with van der Waals surface area (Å²) in [5.74, 6) is -1.08. The summed E-state index contributed by atoms with van der Waals surface area (Å²) in [4.78, 5) is 17.5. The Labute approximate surface area is 195 Å². The van der Waals surface area contributed by atoms with Gasteiger partial charge in [-0.15, -0.1) is 0 Å². The topological polar surface area (TPSA) is 76.1 Å². The van der Waals surface area contributed by atoms with E-state index in [0.29, 0.717) is 5.69 Å². The normalized spacial score (nSPS) is 11.2. The van der Waals surface area contributed by atoms with E-state index < -0.39 is 21.6 Å². The number of aromatic nitrogens is 1. The first kappa shape index (κ1) is 22.6. The molecule has 3 aromatic carbocycles. The molecule has 0 radical (unpaired) electrons. The first-order valence-electron chi connectivity index (χ1n) is 9.84. The van der Waals surface area contributed by atoms with Crippen molar-refractivity contribution in [3.63, 3.8) is 0 Å². The van der Waals surface area contributed by atoms with E-state index in [1.165, 1.54) is 30.3 Å². The molecule has 1 amide bonds. The minimum Gasteiger partial charge on any atom is -0.322 e. The van der Waals surface area contributed by atoms with E-state index in [0.717, 1.165) is 23.6 Å². The maximum Gasteiger partial charge on any atom is 0.256 e. The molecule has 33 heavy (non-hydrogen) atoms. The van der Waals surface area contributed by atoms with Crippen LogP contribution in [0.5, 0.6) is 0 Å². The summed E-state index contributed by atoms with van der Waals surface area (Å²) in [6.07, 6.45) is 2.74. The number of hydrogen-bond acceptors (Lipinski definition) is 4. The average Bonchev–Trinajstić information content (AvgIpc) is 2.78. The number of amides is 1. The molecular weight excluding hydrogens is 463 g/mol. The van der Waals surface area contributed by atoms with Gasteiger partial charge in [-0.25, -0.2) is 12.8 Å². The van der Waals surface area contributed by atoms with Crippen molar-refractivity contribution in [2.45, 2.75) is 4.90 Å². The van der Waals surface area contributed by atoms with E-state index in [1.54, 1.807) is 24.4 Å². The summed E-state index contributed by atoms with van der Waals surface area (Å²) in [6, 6.07) is 20.6. The molecule has 4 aromatic rings. The third kappa shape index (κ3) is 5.27. The molecule has 5 nitrogen and oxygen atoms in total. The molecule has 8 heteroatoms. The Hall–Kier alpha value is -3.55. The number of sulfone groups is 1. The van der Waals surface area contributed by atoms with E-state index in [1.807, 2.05) is 24.3 Å². The largest absolute Gasteiger partial charge is 0.322 e. The number of anilines is 1. The molecule has 0 atom stereocenters. The minimum absolute atomic E-state index is 0.00610. The monoisotopic (exact) mass is 480 g/mol. The number of carbonyl (C=O) groups excluding carboxylic acids is 1. The molecule has 0 saturated carbocycles. The van der Waals surface area contributed by atoms with E-state index >= 15 is 0 Å². The van der Waals surface area contributed by atoms with Crippen molar-refractivity contribution >= 4 is 33.0 Å². The van der Waals surface area contributed by atoms with Crippen LogP contribution in [0.15, 0.2) is 90.0 Å². The lowest BCUT2D eigenvalue weighted by molar-refractivity contribution is 0.102. The Kier molecular flexibility index (Phi) is 6.26. The quantitative estimate of drug-likeness (QED) is 0.388. The lowest BCUT2D eigenvalue weighted by atomic mass is 9.99. The van der Waals surface area contributed by atoms with Gasteiger partial charge in [0.2, 0.25) is 0 Å². The standard InChI is InChI=1S/C25H18ClFN2O3S/c1-33(31,32)21-8-9-22(23(15-21)17-11-18(26)14-19(27)12-17)25(30)29-20-6-4-5-16(13-20)24-7-2-3-10-28-24/h2-15H,1H3,(H,29,30). The Bertz CT molecular complexity index is 1440. The van der Waals surface area contributed by atoms with Crippen LogP contribution in [-0.2, 0) is 9.84 Å². The number of hydrogen-bond donors (Lipinski definition) is 1. The zero-order valence-corrected chi connectivity index (χ0v) is 19.0. The van der Waals surface area contributed by atoms with Crippen LogP contribution in [0.2, 0.25) is 5.02 Å². The van der Waals surface area contributed by atoms with Crippen molar-refractivity contribution in [1.29, 1.82) is 0 Å². The van der Waals surface area contributed by atoms with Crippen molar-refractivity contribution in [3.8, 4) is 22.4 Å². The zero-order valence-electron chi connectivity index (χ0n) is 17.4. The molecule has 0 bridgehead atoms. The zero-order chi connectivity index (χ0) is 23.6. The first-order chi connectivity index (χ1) is 15.7. The predicted octanol–water partition coefficient (Wildman–Crippen LogP) is 5.86. The van der Waals surface area contributed by atoms with Crippen molar-refractivity contribution in [2.24, 2.45) is 0 Å². The smallest absolute Gasteiger partial charge is 0.256 e. The van der Waals surface area contributed by atoms with Crippen LogP contribution in [0, 0.1) is 5.82 Å². The van der Waals surface area contributed by atoms with Gasteiger partial charge in [0, 0.05) is 34.3 Å². The second-order valence-electron chi connectivity index (χ2n) is 7.39. The number of nitrogens with zero attached hydrogens (tertiary/aromatic N) is 1. The lowest BCUT2D eigenvalue weighted by Gasteiger charge is -2.13. The molecule has 0 unspecified atom stereocenters. The lowest BCUT2D eigenvalue weighted by Crippen LogP contribution is -2.14. The third-order valence-corrected chi connectivity index (χ3v) is 6.25. The Morgan fingerprint density at radius 2 is 1.76 bits per heavy atom. The van der Waals surface area contributed by atoms with Crippen LogP contribution >= 0.6 is 11.6 Å². The van der Waals surface area contributed by atoms with Gasteiger partial charge in [-0.2, -0.15) is 0 Å². The van der Waals surface area contributed by atoms with Crippen LogP contribution in [0.3, 0.4) is 0 Å². The maximum atomic E-state index is 14.0. The number of rotatable bonds is 5. The van der Waals surface area contributed by atoms with Crippen molar-refractivity contribution in [2.75, 3.05) is 11.6 Å². The van der Waals surface area contributed by atoms with Gasteiger partial charge in [-0.05, 0) is 71.8 Å². The summed E-state index contributed by atoms with van der Waals surface area (Å²) in [5, 5.41) is 2.95. The minimum atomic E-state index is -3.56. The molecule has 0 spiro atoms. The van der Waals surface area contributed by atoms with Gasteiger partial charge in [-0.3, -0.25) is 9.78 Å². The fourth-order valence-electron chi connectivity index (χ4n) is 3.39. The first-order valence-corrected chi connectivity index (χ1v) is 12.1. The van der Waals surface area contributed by atoms with Crippen LogP contribution in [0.4, 0.5) is 10.1 Å². The molecule has 0 fully saturated rings. The second-order valence-corrected chi connectivity index (χ2v) is 9.84. The molecule has 0 aliphatic carbocycles. The number of nitrogens with one attached hydrogen (secondary N) is 1. The molecule has 4 rings (SSSR count). The average molecular weight is 481 g/mol. The summed E-state index contributed by atoms with van der Waals surface area (Å²) in [6.45, 7) is 0. The Balaban J connectivity index is 1.75. The molecular formula is C25H18ClFN2O3S. The number of carbonyl (C=O) groups is 1. The molecule has 0 aliphatic rings. The highest BCUT2D eigenvalue weighted by molar-refractivity contribution is 7.90. The van der Waals surface area contributed by atoms with Gasteiger partial charge in [0.15, 0.2) is 9.84 Å².